The second kappa shape index (κ2) is 7.64. The lowest BCUT2D eigenvalue weighted by Crippen LogP contribution is -2.29. The highest BCUT2D eigenvalue weighted by atomic mass is 16.3. The maximum Gasteiger partial charge on any atom is 0.300 e. The minimum absolute atomic E-state index is 0.112. The maximum absolute atomic E-state index is 13.1. The van der Waals surface area contributed by atoms with E-state index >= 15 is 0 Å². The van der Waals surface area contributed by atoms with E-state index in [-0.39, 0.29) is 11.3 Å². The molecule has 4 nitrogen and oxygen atoms in total. The van der Waals surface area contributed by atoms with Gasteiger partial charge in [-0.1, -0.05) is 54.6 Å². The summed E-state index contributed by atoms with van der Waals surface area (Å²) in [5.41, 5.74) is 5.11. The number of para-hydroxylation sites is 1. The smallest absolute Gasteiger partial charge is 0.300 e. The first-order chi connectivity index (χ1) is 14.4. The third-order valence-corrected chi connectivity index (χ3v) is 5.74. The summed E-state index contributed by atoms with van der Waals surface area (Å²) in [7, 11) is 0. The molecule has 1 N–H and O–H groups in total. The third kappa shape index (κ3) is 3.20. The number of aliphatic hydroxyl groups excluding tert-OH is 1. The van der Waals surface area contributed by atoms with Crippen LogP contribution in [0.15, 0.2) is 78.4 Å². The summed E-state index contributed by atoms with van der Waals surface area (Å²) in [5, 5.41) is 11.2. The Labute approximate surface area is 176 Å². The molecular formula is C26H23NO3. The zero-order valence-electron chi connectivity index (χ0n) is 17.2. The molecule has 0 aliphatic carbocycles. The average molecular weight is 397 g/mol. The Morgan fingerprint density at radius 1 is 0.800 bits per heavy atom. The van der Waals surface area contributed by atoms with Gasteiger partial charge >= 0.3 is 0 Å². The van der Waals surface area contributed by atoms with E-state index < -0.39 is 17.7 Å². The van der Waals surface area contributed by atoms with Crippen LogP contribution in [0.4, 0.5) is 5.69 Å². The molecule has 3 aromatic rings. The molecule has 150 valence electrons. The number of hydrogen-bond donors (Lipinski definition) is 1. The Balaban J connectivity index is 1.98. The molecule has 1 amide bonds. The van der Waals surface area contributed by atoms with Crippen molar-refractivity contribution in [2.75, 3.05) is 4.90 Å². The number of amides is 1. The molecule has 3 aromatic carbocycles. The van der Waals surface area contributed by atoms with Crippen molar-refractivity contribution in [3.63, 3.8) is 0 Å². The molecule has 1 aliphatic rings. The SMILES string of the molecule is Cc1ccc(/C(O)=C2\C(=O)C(=O)N(c3ccccc3)C2c2ccccc2C)cc1C. The van der Waals surface area contributed by atoms with Crippen LogP contribution in [0.3, 0.4) is 0 Å². The zero-order chi connectivity index (χ0) is 21.4. The molecule has 4 rings (SSSR count). The van der Waals surface area contributed by atoms with Gasteiger partial charge in [-0.05, 0) is 61.2 Å². The van der Waals surface area contributed by atoms with Crippen LogP contribution in [0.25, 0.3) is 5.76 Å². The van der Waals surface area contributed by atoms with E-state index in [9.17, 15) is 14.7 Å². The normalized spacial score (nSPS) is 18.1. The van der Waals surface area contributed by atoms with E-state index in [0.717, 1.165) is 22.3 Å². The van der Waals surface area contributed by atoms with E-state index in [4.69, 9.17) is 0 Å². The van der Waals surface area contributed by atoms with Gasteiger partial charge in [-0.3, -0.25) is 14.5 Å². The fourth-order valence-electron chi connectivity index (χ4n) is 3.92. The standard InChI is InChI=1S/C26H23NO3/c1-16-13-14-19(15-18(16)3)24(28)22-23(21-12-8-7-9-17(21)2)27(26(30)25(22)29)20-10-5-4-6-11-20/h4-15,23,28H,1-3H3/b24-22+. The minimum atomic E-state index is -0.699. The number of hydrogen-bond acceptors (Lipinski definition) is 3. The van der Waals surface area contributed by atoms with Gasteiger partial charge in [-0.2, -0.15) is 0 Å². The van der Waals surface area contributed by atoms with Crippen molar-refractivity contribution >= 4 is 23.1 Å². The lowest BCUT2D eigenvalue weighted by atomic mass is 9.92. The summed E-state index contributed by atoms with van der Waals surface area (Å²) in [6.45, 7) is 5.88. The van der Waals surface area contributed by atoms with Gasteiger partial charge in [0.2, 0.25) is 0 Å². The number of carbonyl (C=O) groups excluding carboxylic acids is 2. The molecule has 1 atom stereocenters. The van der Waals surface area contributed by atoms with E-state index in [0.29, 0.717) is 11.3 Å². The second-order valence-corrected chi connectivity index (χ2v) is 7.66. The van der Waals surface area contributed by atoms with Gasteiger partial charge < -0.3 is 5.11 Å². The summed E-state index contributed by atoms with van der Waals surface area (Å²) in [6, 6.07) is 21.6. The molecule has 1 unspecified atom stereocenters. The van der Waals surface area contributed by atoms with Crippen molar-refractivity contribution in [3.05, 3.63) is 106 Å². The number of carbonyl (C=O) groups is 2. The topological polar surface area (TPSA) is 57.6 Å². The van der Waals surface area contributed by atoms with Gasteiger partial charge in [0.05, 0.1) is 11.6 Å². The Morgan fingerprint density at radius 3 is 2.13 bits per heavy atom. The first-order valence-corrected chi connectivity index (χ1v) is 9.89. The number of benzene rings is 3. The molecule has 1 saturated heterocycles. The zero-order valence-corrected chi connectivity index (χ0v) is 17.2. The van der Waals surface area contributed by atoms with Crippen molar-refractivity contribution in [1.82, 2.24) is 0 Å². The summed E-state index contributed by atoms with van der Waals surface area (Å²) in [6.07, 6.45) is 0. The highest BCUT2D eigenvalue weighted by molar-refractivity contribution is 6.51. The molecule has 30 heavy (non-hydrogen) atoms. The average Bonchev–Trinajstić information content (AvgIpc) is 3.01. The number of anilines is 1. The number of rotatable bonds is 3. The highest BCUT2D eigenvalue weighted by Gasteiger charge is 2.47. The first kappa shape index (κ1) is 19.6. The third-order valence-electron chi connectivity index (χ3n) is 5.74. The van der Waals surface area contributed by atoms with Crippen LogP contribution < -0.4 is 4.90 Å². The Bertz CT molecular complexity index is 1180. The van der Waals surface area contributed by atoms with Crippen molar-refractivity contribution in [3.8, 4) is 0 Å². The largest absolute Gasteiger partial charge is 0.507 e. The summed E-state index contributed by atoms with van der Waals surface area (Å²) >= 11 is 0. The quantitative estimate of drug-likeness (QED) is 0.374. The van der Waals surface area contributed by atoms with Crippen LogP contribution in [-0.2, 0) is 9.59 Å². The molecule has 4 heteroatoms. The van der Waals surface area contributed by atoms with Crippen LogP contribution in [0.5, 0.6) is 0 Å². The van der Waals surface area contributed by atoms with Gasteiger partial charge in [-0.25, -0.2) is 0 Å². The maximum atomic E-state index is 13.1. The van der Waals surface area contributed by atoms with Crippen molar-refractivity contribution in [1.29, 1.82) is 0 Å². The monoisotopic (exact) mass is 397 g/mol. The summed E-state index contributed by atoms with van der Waals surface area (Å²) < 4.78 is 0. The second-order valence-electron chi connectivity index (χ2n) is 7.66. The molecule has 0 spiro atoms. The molecule has 0 saturated carbocycles. The number of Topliss-reactive ketones (excluding diaryl/α,β-unsaturated/α-hetero) is 1. The van der Waals surface area contributed by atoms with Gasteiger partial charge in [-0.15, -0.1) is 0 Å². The van der Waals surface area contributed by atoms with Crippen LogP contribution in [0.2, 0.25) is 0 Å². The highest BCUT2D eigenvalue weighted by Crippen LogP contribution is 2.43. The summed E-state index contributed by atoms with van der Waals surface area (Å²) in [4.78, 5) is 27.7. The van der Waals surface area contributed by atoms with Gasteiger partial charge in [0.25, 0.3) is 11.7 Å². The number of aryl methyl sites for hydroxylation is 3. The van der Waals surface area contributed by atoms with Crippen molar-refractivity contribution in [2.45, 2.75) is 26.8 Å². The molecule has 1 aliphatic heterocycles. The van der Waals surface area contributed by atoms with E-state index in [1.807, 2.05) is 75.4 Å². The van der Waals surface area contributed by atoms with Crippen LogP contribution in [0.1, 0.15) is 33.9 Å². The van der Waals surface area contributed by atoms with Crippen LogP contribution in [0, 0.1) is 20.8 Å². The molecule has 0 bridgehead atoms. The summed E-state index contributed by atoms with van der Waals surface area (Å²) in [5.74, 6) is -1.47. The predicted molar refractivity (Wildman–Crippen MR) is 118 cm³/mol. The Kier molecular flexibility index (Phi) is 5.00. The molecule has 0 radical (unpaired) electrons. The molecule has 1 heterocycles. The van der Waals surface area contributed by atoms with Crippen molar-refractivity contribution < 1.29 is 14.7 Å². The molecular weight excluding hydrogens is 374 g/mol. The fraction of sp³-hybridized carbons (Fsp3) is 0.154. The van der Waals surface area contributed by atoms with Gasteiger partial charge in [0.15, 0.2) is 0 Å². The Hall–Kier alpha value is -3.66. The van der Waals surface area contributed by atoms with Gasteiger partial charge in [0.1, 0.15) is 5.76 Å². The van der Waals surface area contributed by atoms with Gasteiger partial charge in [0, 0.05) is 11.3 Å². The lowest BCUT2D eigenvalue weighted by Gasteiger charge is -2.26. The lowest BCUT2D eigenvalue weighted by molar-refractivity contribution is -0.132. The van der Waals surface area contributed by atoms with E-state index in [1.165, 1.54) is 4.90 Å². The fourth-order valence-corrected chi connectivity index (χ4v) is 3.92. The van der Waals surface area contributed by atoms with Crippen LogP contribution >= 0.6 is 0 Å². The minimum Gasteiger partial charge on any atom is -0.507 e. The number of ketones is 1. The molecule has 1 fully saturated rings. The van der Waals surface area contributed by atoms with Crippen molar-refractivity contribution in [2.24, 2.45) is 0 Å². The Morgan fingerprint density at radius 2 is 1.47 bits per heavy atom. The molecule has 0 aromatic heterocycles. The van der Waals surface area contributed by atoms with E-state index in [2.05, 4.69) is 0 Å². The number of nitrogens with zero attached hydrogens (tertiary/aromatic N) is 1. The predicted octanol–water partition coefficient (Wildman–Crippen LogP) is 5.24. The number of aliphatic hydroxyl groups is 1. The first-order valence-electron chi connectivity index (χ1n) is 9.89. The van der Waals surface area contributed by atoms with Crippen LogP contribution in [-0.4, -0.2) is 16.8 Å². The van der Waals surface area contributed by atoms with E-state index in [1.54, 1.807) is 18.2 Å².